The van der Waals surface area contributed by atoms with Crippen molar-refractivity contribution in [1.82, 2.24) is 0 Å². The van der Waals surface area contributed by atoms with E-state index in [-0.39, 0.29) is 29.6 Å². The number of hydrogen-bond acceptors (Lipinski definition) is 10. The molecule has 10 heteroatoms. The molecule has 0 amide bonds. The van der Waals surface area contributed by atoms with Gasteiger partial charge in [0.1, 0.15) is 36.4 Å². The average Bonchev–Trinajstić information content (AvgIpc) is 3.58. The zero-order valence-corrected chi connectivity index (χ0v) is 19.1. The lowest BCUT2D eigenvalue weighted by atomic mass is 9.98. The van der Waals surface area contributed by atoms with Gasteiger partial charge in [-0.1, -0.05) is 24.3 Å². The van der Waals surface area contributed by atoms with Crippen molar-refractivity contribution in [2.24, 2.45) is 11.8 Å². The van der Waals surface area contributed by atoms with E-state index in [4.69, 9.17) is 18.9 Å². The van der Waals surface area contributed by atoms with E-state index in [1.54, 1.807) is 12.2 Å². The number of carbonyl (C=O) groups excluding carboxylic acids is 2. The largest absolute Gasteiger partial charge is 0.508 e. The van der Waals surface area contributed by atoms with Gasteiger partial charge in [0.25, 0.3) is 0 Å². The average molecular weight is 491 g/mol. The maximum atomic E-state index is 12.6. The summed E-state index contributed by atoms with van der Waals surface area (Å²) in [6.07, 6.45) is 2.83. The third-order valence-electron chi connectivity index (χ3n) is 6.38. The van der Waals surface area contributed by atoms with Crippen molar-refractivity contribution in [3.63, 3.8) is 0 Å². The van der Waals surface area contributed by atoms with Crippen molar-refractivity contribution in [3.8, 4) is 11.5 Å². The molecule has 0 bridgehead atoms. The molecule has 0 saturated carbocycles. The predicted molar refractivity (Wildman–Crippen MR) is 120 cm³/mol. The van der Waals surface area contributed by atoms with Gasteiger partial charge in [0.2, 0.25) is 6.29 Å². The molecule has 35 heavy (non-hydrogen) atoms. The number of phenolic OH excluding ortho intramolecular Hbond substituents is 1. The molecule has 1 heterocycles. The summed E-state index contributed by atoms with van der Waals surface area (Å²) < 4.78 is 22.5. The van der Waals surface area contributed by atoms with E-state index in [1.165, 1.54) is 18.2 Å². The number of aliphatic hydroxyl groups is 3. The first kappa shape index (κ1) is 25.2. The number of benzene rings is 1. The van der Waals surface area contributed by atoms with Crippen molar-refractivity contribution < 1.29 is 49.0 Å². The smallest absolute Gasteiger partial charge is 0.313 e. The van der Waals surface area contributed by atoms with Crippen LogP contribution in [0.3, 0.4) is 0 Å². The SMILES string of the molecule is O=C(OC[C@@H]1O[C@@H](Oc2ccc(O)cc2CO)[C@@H](OC(=O)[C@H]2C=CCC2)[C@H](O)[C@@H]1O)[C@H]1C=CCC1. The number of allylic oxidation sites excluding steroid dienone is 2. The van der Waals surface area contributed by atoms with Crippen LogP contribution in [0.1, 0.15) is 31.2 Å². The normalized spacial score (nSPS) is 31.9. The molecular weight excluding hydrogens is 460 g/mol. The van der Waals surface area contributed by atoms with E-state index >= 15 is 0 Å². The van der Waals surface area contributed by atoms with Crippen LogP contribution in [0, 0.1) is 11.8 Å². The Morgan fingerprint density at radius 3 is 2.31 bits per heavy atom. The van der Waals surface area contributed by atoms with Gasteiger partial charge in [-0.25, -0.2) is 0 Å². The third-order valence-corrected chi connectivity index (χ3v) is 6.38. The van der Waals surface area contributed by atoms with E-state index in [0.29, 0.717) is 12.8 Å². The Balaban J connectivity index is 1.51. The number of aromatic hydroxyl groups is 1. The van der Waals surface area contributed by atoms with Crippen LogP contribution in [0.4, 0.5) is 0 Å². The fraction of sp³-hybridized carbons (Fsp3) is 0.520. The fourth-order valence-corrected chi connectivity index (χ4v) is 4.34. The number of phenols is 1. The van der Waals surface area contributed by atoms with Crippen LogP contribution in [0.15, 0.2) is 42.5 Å². The second kappa shape index (κ2) is 11.2. The first-order valence-corrected chi connectivity index (χ1v) is 11.7. The van der Waals surface area contributed by atoms with E-state index in [0.717, 1.165) is 12.8 Å². The maximum absolute atomic E-state index is 12.6. The van der Waals surface area contributed by atoms with Gasteiger partial charge in [0.05, 0.1) is 18.4 Å². The number of aliphatic hydroxyl groups excluding tert-OH is 3. The van der Waals surface area contributed by atoms with E-state index < -0.39 is 55.2 Å². The van der Waals surface area contributed by atoms with Crippen LogP contribution >= 0.6 is 0 Å². The van der Waals surface area contributed by atoms with Crippen molar-refractivity contribution in [1.29, 1.82) is 0 Å². The minimum atomic E-state index is -1.60. The topological polar surface area (TPSA) is 152 Å². The monoisotopic (exact) mass is 490 g/mol. The predicted octanol–water partition coefficient (Wildman–Crippen LogP) is 1.10. The summed E-state index contributed by atoms with van der Waals surface area (Å²) in [7, 11) is 0. The number of ether oxygens (including phenoxy) is 4. The van der Waals surface area contributed by atoms with Crippen molar-refractivity contribution >= 4 is 11.9 Å². The van der Waals surface area contributed by atoms with Crippen molar-refractivity contribution in [2.45, 2.75) is 63.0 Å². The molecule has 1 aromatic carbocycles. The summed E-state index contributed by atoms with van der Waals surface area (Å²) >= 11 is 0. The van der Waals surface area contributed by atoms with Crippen LogP contribution in [-0.2, 0) is 30.4 Å². The highest BCUT2D eigenvalue weighted by atomic mass is 16.7. The minimum Gasteiger partial charge on any atom is -0.508 e. The van der Waals surface area contributed by atoms with E-state index in [1.807, 2.05) is 12.2 Å². The molecule has 1 fully saturated rings. The highest BCUT2D eigenvalue weighted by Crippen LogP contribution is 2.31. The molecule has 0 unspecified atom stereocenters. The van der Waals surface area contributed by atoms with Gasteiger partial charge in [-0.15, -0.1) is 0 Å². The maximum Gasteiger partial charge on any atom is 0.313 e. The van der Waals surface area contributed by atoms with Gasteiger partial charge in [-0.3, -0.25) is 9.59 Å². The molecule has 4 rings (SSSR count). The summed E-state index contributed by atoms with van der Waals surface area (Å²) in [4.78, 5) is 24.9. The summed E-state index contributed by atoms with van der Waals surface area (Å²) in [6.45, 7) is -0.815. The van der Waals surface area contributed by atoms with Crippen LogP contribution in [-0.4, -0.2) is 69.7 Å². The summed E-state index contributed by atoms with van der Waals surface area (Å²) in [5.74, 6) is -1.90. The van der Waals surface area contributed by atoms with Gasteiger partial charge in [0.15, 0.2) is 6.10 Å². The molecule has 0 aromatic heterocycles. The Labute approximate surface area is 202 Å². The van der Waals surface area contributed by atoms with Crippen molar-refractivity contribution in [3.05, 3.63) is 48.1 Å². The summed E-state index contributed by atoms with van der Waals surface area (Å²) in [5.41, 5.74) is 0.231. The van der Waals surface area contributed by atoms with Gasteiger partial charge < -0.3 is 39.4 Å². The van der Waals surface area contributed by atoms with Crippen LogP contribution < -0.4 is 4.74 Å². The molecule has 1 aliphatic heterocycles. The Kier molecular flexibility index (Phi) is 8.07. The highest BCUT2D eigenvalue weighted by Gasteiger charge is 2.49. The lowest BCUT2D eigenvalue weighted by Gasteiger charge is -2.42. The summed E-state index contributed by atoms with van der Waals surface area (Å²) in [5, 5.41) is 40.9. The molecule has 3 aliphatic rings. The first-order valence-electron chi connectivity index (χ1n) is 11.7. The van der Waals surface area contributed by atoms with E-state index in [9.17, 15) is 30.0 Å². The molecule has 0 radical (unpaired) electrons. The second-order valence-corrected chi connectivity index (χ2v) is 8.85. The molecular formula is C25H30O10. The standard InChI is InChI=1S/C25H30O10/c26-12-16-11-17(27)9-10-18(16)33-25-22(35-24(31)15-7-3-4-8-15)21(29)20(28)19(34-25)13-32-23(30)14-5-1-2-6-14/h1,3,5,7,9-11,14-15,19-22,25-29H,2,4,6,8,12-13H2/t14-,15-,19-,20+,21+,22-,25+/m0/s1. The molecule has 190 valence electrons. The number of rotatable bonds is 8. The van der Waals surface area contributed by atoms with Crippen LogP contribution in [0.5, 0.6) is 11.5 Å². The number of carbonyl (C=O) groups is 2. The van der Waals surface area contributed by atoms with E-state index in [2.05, 4.69) is 0 Å². The lowest BCUT2D eigenvalue weighted by molar-refractivity contribution is -0.284. The van der Waals surface area contributed by atoms with Crippen LogP contribution in [0.25, 0.3) is 0 Å². The molecule has 2 aliphatic carbocycles. The van der Waals surface area contributed by atoms with Gasteiger partial charge >= 0.3 is 11.9 Å². The molecule has 10 nitrogen and oxygen atoms in total. The molecule has 1 aromatic rings. The Morgan fingerprint density at radius 2 is 1.69 bits per heavy atom. The fourth-order valence-electron chi connectivity index (χ4n) is 4.34. The first-order chi connectivity index (χ1) is 16.9. The van der Waals surface area contributed by atoms with Gasteiger partial charge in [-0.2, -0.15) is 0 Å². The molecule has 4 N–H and O–H groups in total. The van der Waals surface area contributed by atoms with Crippen molar-refractivity contribution in [2.75, 3.05) is 6.61 Å². The molecule has 1 saturated heterocycles. The Bertz CT molecular complexity index is 971. The van der Waals surface area contributed by atoms with Gasteiger partial charge in [-0.05, 0) is 43.9 Å². The quantitative estimate of drug-likeness (QED) is 0.308. The lowest BCUT2D eigenvalue weighted by Crippen LogP contribution is -2.61. The Hall–Kier alpha value is -2.92. The van der Waals surface area contributed by atoms with Gasteiger partial charge in [0, 0.05) is 5.56 Å². The summed E-state index contributed by atoms with van der Waals surface area (Å²) in [6, 6.07) is 4.02. The zero-order chi connectivity index (χ0) is 24.9. The molecule has 0 spiro atoms. The number of esters is 2. The third kappa shape index (κ3) is 5.84. The minimum absolute atomic E-state index is 0.0943. The molecule has 7 atom stereocenters. The Morgan fingerprint density at radius 1 is 1.00 bits per heavy atom. The number of hydrogen-bond donors (Lipinski definition) is 4. The van der Waals surface area contributed by atoms with Crippen LogP contribution in [0.2, 0.25) is 0 Å². The highest BCUT2D eigenvalue weighted by molar-refractivity contribution is 5.75. The zero-order valence-electron chi connectivity index (χ0n) is 19.1. The second-order valence-electron chi connectivity index (χ2n) is 8.85.